The van der Waals surface area contributed by atoms with Gasteiger partial charge in [0.15, 0.2) is 0 Å². The van der Waals surface area contributed by atoms with E-state index >= 15 is 0 Å². The largest absolute Gasteiger partial charge is 0.434 e. The summed E-state index contributed by atoms with van der Waals surface area (Å²) in [6, 6.07) is 4.72. The zero-order valence-electron chi connectivity index (χ0n) is 11.6. The average Bonchev–Trinajstić information content (AvgIpc) is 2.35. The van der Waals surface area contributed by atoms with Crippen LogP contribution in [0.25, 0.3) is 0 Å². The van der Waals surface area contributed by atoms with Gasteiger partial charge < -0.3 is 10.1 Å². The summed E-state index contributed by atoms with van der Waals surface area (Å²) in [5.74, 6) is 0.191. The van der Waals surface area contributed by atoms with Crippen LogP contribution in [-0.2, 0) is 6.54 Å². The third-order valence-electron chi connectivity index (χ3n) is 4.22. The highest BCUT2D eigenvalue weighted by atomic mass is 35.5. The predicted molar refractivity (Wildman–Crippen MR) is 76.4 cm³/mol. The molecule has 1 aromatic carbocycles. The first kappa shape index (κ1) is 15.5. The van der Waals surface area contributed by atoms with Crippen molar-refractivity contribution in [3.05, 3.63) is 28.8 Å². The Balaban J connectivity index is 1.95. The fourth-order valence-corrected chi connectivity index (χ4v) is 2.89. The fraction of sp³-hybridized carbons (Fsp3) is 0.600. The van der Waals surface area contributed by atoms with E-state index in [0.29, 0.717) is 22.5 Å². The number of halogens is 3. The van der Waals surface area contributed by atoms with Crippen molar-refractivity contribution < 1.29 is 13.5 Å². The van der Waals surface area contributed by atoms with Crippen LogP contribution >= 0.6 is 11.6 Å². The number of nitrogens with one attached hydrogen (secondary N) is 1. The molecule has 1 aliphatic rings. The smallest absolute Gasteiger partial charge is 0.387 e. The maximum atomic E-state index is 12.4. The number of ether oxygens (including phenoxy) is 1. The van der Waals surface area contributed by atoms with Gasteiger partial charge in [0.1, 0.15) is 5.75 Å². The van der Waals surface area contributed by atoms with Gasteiger partial charge >= 0.3 is 6.61 Å². The number of hydrogen-bond donors (Lipinski definition) is 1. The molecule has 0 unspecified atom stereocenters. The van der Waals surface area contributed by atoms with Crippen LogP contribution in [0.5, 0.6) is 5.75 Å². The van der Waals surface area contributed by atoms with E-state index < -0.39 is 6.61 Å². The molecule has 112 valence electrons. The van der Waals surface area contributed by atoms with Crippen LogP contribution in [0.2, 0.25) is 5.02 Å². The van der Waals surface area contributed by atoms with E-state index in [1.165, 1.54) is 25.3 Å². The van der Waals surface area contributed by atoms with Crippen molar-refractivity contribution in [1.82, 2.24) is 5.32 Å². The molecule has 0 heterocycles. The lowest BCUT2D eigenvalue weighted by Gasteiger charge is -2.41. The number of alkyl halides is 2. The minimum atomic E-state index is -2.82. The molecule has 1 aromatic rings. The molecule has 0 atom stereocenters. The van der Waals surface area contributed by atoms with E-state index in [4.69, 9.17) is 11.6 Å². The molecule has 0 amide bonds. The first-order valence-corrected chi connectivity index (χ1v) is 7.36. The van der Waals surface area contributed by atoms with Gasteiger partial charge in [-0.3, -0.25) is 0 Å². The van der Waals surface area contributed by atoms with Crippen LogP contribution in [0.4, 0.5) is 8.78 Å². The van der Waals surface area contributed by atoms with E-state index in [-0.39, 0.29) is 5.75 Å². The molecule has 0 spiro atoms. The lowest BCUT2D eigenvalue weighted by molar-refractivity contribution is -0.0505. The van der Waals surface area contributed by atoms with Gasteiger partial charge in [-0.25, -0.2) is 0 Å². The van der Waals surface area contributed by atoms with Crippen LogP contribution in [0.15, 0.2) is 18.2 Å². The topological polar surface area (TPSA) is 21.3 Å². The highest BCUT2D eigenvalue weighted by Crippen LogP contribution is 2.43. The third kappa shape index (κ3) is 3.83. The quantitative estimate of drug-likeness (QED) is 0.794. The Labute approximate surface area is 123 Å². The Bertz CT molecular complexity index is 444. The van der Waals surface area contributed by atoms with Gasteiger partial charge in [0, 0.05) is 23.7 Å². The monoisotopic (exact) mass is 303 g/mol. The lowest BCUT2D eigenvalue weighted by Crippen LogP contribution is -2.39. The van der Waals surface area contributed by atoms with E-state index in [9.17, 15) is 8.78 Å². The molecule has 0 aliphatic heterocycles. The molecular formula is C15H20ClF2NO. The number of rotatable bonds is 7. The summed E-state index contributed by atoms with van der Waals surface area (Å²) in [6.07, 6.45) is 4.92. The third-order valence-corrected chi connectivity index (χ3v) is 4.45. The maximum Gasteiger partial charge on any atom is 0.387 e. The summed E-state index contributed by atoms with van der Waals surface area (Å²) in [5.41, 5.74) is 1.06. The molecule has 0 saturated heterocycles. The Kier molecular flexibility index (Phi) is 5.22. The Morgan fingerprint density at radius 1 is 1.40 bits per heavy atom. The van der Waals surface area contributed by atoms with E-state index in [0.717, 1.165) is 13.0 Å². The van der Waals surface area contributed by atoms with Crippen LogP contribution in [0, 0.1) is 5.41 Å². The Morgan fingerprint density at radius 2 is 2.15 bits per heavy atom. The summed E-state index contributed by atoms with van der Waals surface area (Å²) < 4.78 is 29.2. The van der Waals surface area contributed by atoms with Crippen molar-refractivity contribution in [2.45, 2.75) is 45.8 Å². The predicted octanol–water partition coefficient (Wildman–Crippen LogP) is 4.61. The summed E-state index contributed by atoms with van der Waals surface area (Å²) >= 11 is 5.92. The van der Waals surface area contributed by atoms with Gasteiger partial charge in [-0.2, -0.15) is 8.78 Å². The van der Waals surface area contributed by atoms with Crippen molar-refractivity contribution in [3.8, 4) is 5.75 Å². The normalized spacial score (nSPS) is 17.1. The van der Waals surface area contributed by atoms with Crippen LogP contribution < -0.4 is 10.1 Å². The zero-order chi connectivity index (χ0) is 14.6. The second kappa shape index (κ2) is 6.72. The minimum Gasteiger partial charge on any atom is -0.434 e. The molecule has 0 bridgehead atoms. The van der Waals surface area contributed by atoms with Gasteiger partial charge in [-0.05, 0) is 42.9 Å². The maximum absolute atomic E-state index is 12.4. The summed E-state index contributed by atoms with van der Waals surface area (Å²) in [5, 5.41) is 3.88. The van der Waals surface area contributed by atoms with E-state index in [1.807, 2.05) is 0 Å². The van der Waals surface area contributed by atoms with Crippen molar-refractivity contribution in [3.63, 3.8) is 0 Å². The standard InChI is InChI=1S/C15H20ClF2NO/c1-2-15(6-3-7-15)10-19-9-11-8-12(16)4-5-13(11)20-14(17)18/h4-5,8,14,19H,2-3,6-7,9-10H2,1H3. The molecule has 1 aliphatic carbocycles. The molecule has 2 rings (SSSR count). The van der Waals surface area contributed by atoms with Gasteiger partial charge in [-0.15, -0.1) is 0 Å². The highest BCUT2D eigenvalue weighted by Gasteiger charge is 2.34. The molecule has 5 heteroatoms. The fourth-order valence-electron chi connectivity index (χ4n) is 2.69. The molecule has 1 N–H and O–H groups in total. The van der Waals surface area contributed by atoms with Crippen molar-refractivity contribution in [2.75, 3.05) is 6.54 Å². The first-order chi connectivity index (χ1) is 9.54. The summed E-state index contributed by atoms with van der Waals surface area (Å²) in [6.45, 7) is 0.781. The first-order valence-electron chi connectivity index (χ1n) is 6.99. The number of hydrogen-bond acceptors (Lipinski definition) is 2. The van der Waals surface area contributed by atoms with E-state index in [1.54, 1.807) is 12.1 Å². The molecule has 0 aromatic heterocycles. The van der Waals surface area contributed by atoms with Crippen LogP contribution in [0.3, 0.4) is 0 Å². The summed E-state index contributed by atoms with van der Waals surface area (Å²) in [4.78, 5) is 0. The Morgan fingerprint density at radius 3 is 2.70 bits per heavy atom. The van der Waals surface area contributed by atoms with Gasteiger partial charge in [0.2, 0.25) is 0 Å². The molecule has 0 radical (unpaired) electrons. The second-order valence-corrected chi connectivity index (χ2v) is 5.88. The minimum absolute atomic E-state index is 0.191. The highest BCUT2D eigenvalue weighted by molar-refractivity contribution is 6.30. The average molecular weight is 304 g/mol. The second-order valence-electron chi connectivity index (χ2n) is 5.44. The SMILES string of the molecule is CCC1(CNCc2cc(Cl)ccc2OC(F)F)CCC1. The zero-order valence-corrected chi connectivity index (χ0v) is 12.4. The lowest BCUT2D eigenvalue weighted by atomic mass is 9.67. The Hall–Kier alpha value is -0.870. The number of benzene rings is 1. The van der Waals surface area contributed by atoms with E-state index in [2.05, 4.69) is 17.0 Å². The molecule has 20 heavy (non-hydrogen) atoms. The van der Waals surface area contributed by atoms with Gasteiger partial charge in [0.05, 0.1) is 0 Å². The van der Waals surface area contributed by atoms with Crippen molar-refractivity contribution >= 4 is 11.6 Å². The molecular weight excluding hydrogens is 284 g/mol. The van der Waals surface area contributed by atoms with Gasteiger partial charge in [0.25, 0.3) is 0 Å². The van der Waals surface area contributed by atoms with Crippen molar-refractivity contribution in [1.29, 1.82) is 0 Å². The molecule has 1 fully saturated rings. The van der Waals surface area contributed by atoms with Crippen LogP contribution in [-0.4, -0.2) is 13.2 Å². The summed E-state index contributed by atoms with van der Waals surface area (Å²) in [7, 11) is 0. The molecule has 1 saturated carbocycles. The van der Waals surface area contributed by atoms with Crippen LogP contribution in [0.1, 0.15) is 38.2 Å². The van der Waals surface area contributed by atoms with Gasteiger partial charge in [-0.1, -0.05) is 24.9 Å². The molecule has 2 nitrogen and oxygen atoms in total. The van der Waals surface area contributed by atoms with Crippen molar-refractivity contribution in [2.24, 2.45) is 5.41 Å².